The first-order valence-corrected chi connectivity index (χ1v) is 6.46. The predicted molar refractivity (Wildman–Crippen MR) is 62.9 cm³/mol. The average molecular weight is 220 g/mol. The molecule has 0 saturated heterocycles. The first kappa shape index (κ1) is 10.3. The van der Waals surface area contributed by atoms with Crippen LogP contribution in [0.5, 0.6) is 0 Å². The summed E-state index contributed by atoms with van der Waals surface area (Å²) in [6, 6.07) is 0. The monoisotopic (exact) mass is 220 g/mol. The Kier molecular flexibility index (Phi) is 2.30. The topological polar surface area (TPSA) is 41.5 Å². The molecule has 88 valence electrons. The molecule has 0 unspecified atom stereocenters. The highest BCUT2D eigenvalue weighted by Crippen LogP contribution is 2.59. The van der Waals surface area contributed by atoms with Crippen molar-refractivity contribution in [1.82, 2.24) is 5.43 Å². The summed E-state index contributed by atoms with van der Waals surface area (Å²) in [5.74, 6) is 2.75. The molecule has 4 saturated carbocycles. The molecule has 0 atom stereocenters. The van der Waals surface area contributed by atoms with Gasteiger partial charge in [0.2, 0.25) is 5.91 Å². The minimum atomic E-state index is -0.0685. The van der Waals surface area contributed by atoms with E-state index in [0.29, 0.717) is 5.41 Å². The van der Waals surface area contributed by atoms with Gasteiger partial charge in [0.1, 0.15) is 0 Å². The van der Waals surface area contributed by atoms with Gasteiger partial charge in [-0.05, 0) is 56.3 Å². The molecule has 3 nitrogen and oxygen atoms in total. The molecule has 0 aromatic carbocycles. The van der Waals surface area contributed by atoms with Gasteiger partial charge in [-0.3, -0.25) is 4.79 Å². The lowest BCUT2D eigenvalue weighted by atomic mass is 9.50. The number of nitrogens with one attached hydrogen (secondary N) is 1. The van der Waals surface area contributed by atoms with E-state index in [4.69, 9.17) is 0 Å². The Morgan fingerprint density at radius 1 is 1.19 bits per heavy atom. The van der Waals surface area contributed by atoms with Crippen molar-refractivity contribution in [2.75, 3.05) is 0 Å². The highest BCUT2D eigenvalue weighted by molar-refractivity contribution is 5.75. The summed E-state index contributed by atoms with van der Waals surface area (Å²) >= 11 is 0. The Morgan fingerprint density at radius 3 is 2.12 bits per heavy atom. The van der Waals surface area contributed by atoms with E-state index in [1.807, 2.05) is 0 Å². The van der Waals surface area contributed by atoms with E-state index in [-0.39, 0.29) is 5.91 Å². The summed E-state index contributed by atoms with van der Waals surface area (Å²) in [6.07, 6.45) is 10.3. The summed E-state index contributed by atoms with van der Waals surface area (Å²) in [5, 5.41) is 4.14. The zero-order chi connectivity index (χ0) is 11.2. The minimum absolute atomic E-state index is 0.0685. The maximum atomic E-state index is 10.8. The van der Waals surface area contributed by atoms with Gasteiger partial charge in [0.15, 0.2) is 0 Å². The maximum absolute atomic E-state index is 10.8. The fourth-order valence-electron chi connectivity index (χ4n) is 4.60. The fourth-order valence-corrected chi connectivity index (χ4v) is 4.60. The van der Waals surface area contributed by atoms with Crippen molar-refractivity contribution < 1.29 is 4.79 Å². The van der Waals surface area contributed by atoms with Crippen LogP contribution in [-0.2, 0) is 4.79 Å². The minimum Gasteiger partial charge on any atom is -0.274 e. The second-order valence-electron chi connectivity index (χ2n) is 6.21. The van der Waals surface area contributed by atoms with Crippen molar-refractivity contribution in [3.63, 3.8) is 0 Å². The molecule has 4 aliphatic carbocycles. The van der Waals surface area contributed by atoms with E-state index in [1.165, 1.54) is 45.4 Å². The number of rotatable bonds is 2. The molecule has 16 heavy (non-hydrogen) atoms. The number of carbonyl (C=O) groups excluding carboxylic acids is 1. The maximum Gasteiger partial charge on any atom is 0.236 e. The number of hydrogen-bond donors (Lipinski definition) is 1. The van der Waals surface area contributed by atoms with Crippen molar-refractivity contribution in [2.45, 2.75) is 45.4 Å². The zero-order valence-electron chi connectivity index (χ0n) is 9.91. The van der Waals surface area contributed by atoms with Crippen LogP contribution in [0.2, 0.25) is 0 Å². The molecule has 4 fully saturated rings. The molecule has 0 aromatic rings. The Morgan fingerprint density at radius 2 is 1.69 bits per heavy atom. The molecular formula is C13H20N2O. The van der Waals surface area contributed by atoms with Crippen LogP contribution in [0.1, 0.15) is 45.4 Å². The largest absolute Gasteiger partial charge is 0.274 e. The van der Waals surface area contributed by atoms with Crippen molar-refractivity contribution in [3.8, 4) is 0 Å². The third-order valence-corrected chi connectivity index (χ3v) is 4.65. The first-order valence-electron chi connectivity index (χ1n) is 6.46. The number of nitrogens with zero attached hydrogens (tertiary/aromatic N) is 1. The SMILES string of the molecule is CC(=O)N/N=C/C12CC3CC(CC(C3)C1)C2. The predicted octanol–water partition coefficient (Wildman–Crippen LogP) is 2.32. The third-order valence-electron chi connectivity index (χ3n) is 4.65. The van der Waals surface area contributed by atoms with Gasteiger partial charge in [-0.1, -0.05) is 0 Å². The van der Waals surface area contributed by atoms with Crippen LogP contribution >= 0.6 is 0 Å². The molecule has 0 spiro atoms. The molecule has 4 rings (SSSR count). The summed E-state index contributed by atoms with van der Waals surface area (Å²) in [6.45, 7) is 1.51. The Labute approximate surface area is 96.7 Å². The van der Waals surface area contributed by atoms with Crippen LogP contribution in [0.25, 0.3) is 0 Å². The van der Waals surface area contributed by atoms with E-state index in [1.54, 1.807) is 0 Å². The Balaban J connectivity index is 1.73. The van der Waals surface area contributed by atoms with Gasteiger partial charge < -0.3 is 0 Å². The van der Waals surface area contributed by atoms with Crippen LogP contribution in [-0.4, -0.2) is 12.1 Å². The van der Waals surface area contributed by atoms with E-state index in [0.717, 1.165) is 17.8 Å². The van der Waals surface area contributed by atoms with Crippen molar-refractivity contribution in [1.29, 1.82) is 0 Å². The zero-order valence-corrected chi connectivity index (χ0v) is 9.91. The normalized spacial score (nSPS) is 45.2. The lowest BCUT2D eigenvalue weighted by Gasteiger charge is -2.55. The molecule has 0 heterocycles. The van der Waals surface area contributed by atoms with Crippen molar-refractivity contribution >= 4 is 12.1 Å². The van der Waals surface area contributed by atoms with Crippen LogP contribution in [0.4, 0.5) is 0 Å². The number of hydrogen-bond acceptors (Lipinski definition) is 2. The van der Waals surface area contributed by atoms with Gasteiger partial charge in [0, 0.05) is 18.6 Å². The highest BCUT2D eigenvalue weighted by atomic mass is 16.2. The van der Waals surface area contributed by atoms with Crippen LogP contribution < -0.4 is 5.43 Å². The lowest BCUT2D eigenvalue weighted by molar-refractivity contribution is -0.118. The molecule has 0 radical (unpaired) electrons. The average Bonchev–Trinajstić information content (AvgIpc) is 2.13. The van der Waals surface area contributed by atoms with E-state index in [2.05, 4.69) is 16.7 Å². The van der Waals surface area contributed by atoms with Gasteiger partial charge in [0.25, 0.3) is 0 Å². The molecule has 1 N–H and O–H groups in total. The second kappa shape index (κ2) is 3.57. The Hall–Kier alpha value is -0.860. The summed E-state index contributed by atoms with van der Waals surface area (Å²) in [5.41, 5.74) is 2.88. The lowest BCUT2D eigenvalue weighted by Crippen LogP contribution is -2.47. The third kappa shape index (κ3) is 1.76. The smallest absolute Gasteiger partial charge is 0.236 e. The number of amides is 1. The number of hydrazone groups is 1. The first-order chi connectivity index (χ1) is 7.65. The summed E-state index contributed by atoms with van der Waals surface area (Å²) in [4.78, 5) is 10.8. The van der Waals surface area contributed by atoms with Crippen LogP contribution in [0, 0.1) is 23.2 Å². The Bertz CT molecular complexity index is 300. The molecule has 4 bridgehead atoms. The van der Waals surface area contributed by atoms with Gasteiger partial charge in [-0.15, -0.1) is 0 Å². The van der Waals surface area contributed by atoms with Crippen molar-refractivity contribution in [3.05, 3.63) is 0 Å². The molecule has 0 aromatic heterocycles. The fraction of sp³-hybridized carbons (Fsp3) is 0.846. The van der Waals surface area contributed by atoms with Crippen LogP contribution in [0.3, 0.4) is 0 Å². The van der Waals surface area contributed by atoms with Gasteiger partial charge in [-0.2, -0.15) is 5.10 Å². The summed E-state index contributed by atoms with van der Waals surface area (Å²) < 4.78 is 0. The molecular weight excluding hydrogens is 200 g/mol. The molecule has 3 heteroatoms. The van der Waals surface area contributed by atoms with Gasteiger partial charge in [-0.25, -0.2) is 5.43 Å². The quantitative estimate of drug-likeness (QED) is 0.563. The van der Waals surface area contributed by atoms with Crippen molar-refractivity contribution in [2.24, 2.45) is 28.3 Å². The van der Waals surface area contributed by atoms with E-state index in [9.17, 15) is 4.79 Å². The summed E-state index contributed by atoms with van der Waals surface area (Å²) in [7, 11) is 0. The van der Waals surface area contributed by atoms with Gasteiger partial charge >= 0.3 is 0 Å². The number of carbonyl (C=O) groups is 1. The van der Waals surface area contributed by atoms with Gasteiger partial charge in [0.05, 0.1) is 0 Å². The second-order valence-corrected chi connectivity index (χ2v) is 6.21. The van der Waals surface area contributed by atoms with Crippen LogP contribution in [0.15, 0.2) is 5.10 Å². The van der Waals surface area contributed by atoms with E-state index < -0.39 is 0 Å². The molecule has 1 amide bonds. The molecule has 0 aliphatic heterocycles. The molecule has 4 aliphatic rings. The van der Waals surface area contributed by atoms with E-state index >= 15 is 0 Å². The standard InChI is InChI=1S/C13H20N2O/c1-9(16)15-14-8-13-5-10-2-11(6-13)4-12(3-10)7-13/h8,10-12H,2-7H2,1H3,(H,15,16)/b14-8+. The highest BCUT2D eigenvalue weighted by Gasteiger charge is 2.50.